The van der Waals surface area contributed by atoms with Gasteiger partial charge in [0.05, 0.1) is 11.2 Å². The van der Waals surface area contributed by atoms with E-state index in [0.717, 1.165) is 53.3 Å². The van der Waals surface area contributed by atoms with E-state index in [0.29, 0.717) is 23.1 Å². The molecule has 0 radical (unpaired) electrons. The van der Waals surface area contributed by atoms with Crippen molar-refractivity contribution >= 4 is 33.5 Å². The van der Waals surface area contributed by atoms with Crippen molar-refractivity contribution in [1.82, 2.24) is 15.7 Å². The number of fused-ring (bicyclic) bond motifs is 2. The number of para-hydroxylation sites is 1. The molecule has 0 saturated carbocycles. The third-order valence-electron chi connectivity index (χ3n) is 7.23. The SMILES string of the molecule is CC(C)C[C@H](NC(=O)c1ccc2ccccc2c1)C(=O)N[N+]1(Cc2ccc3ccccc3n2)CCCC1. The molecule has 0 unspecified atom stereocenters. The Bertz CT molecular complexity index is 1430. The van der Waals surface area contributed by atoms with Crippen molar-refractivity contribution in [3.63, 3.8) is 0 Å². The number of quaternary nitrogens is 1. The zero-order valence-electron chi connectivity index (χ0n) is 21.6. The summed E-state index contributed by atoms with van der Waals surface area (Å²) in [7, 11) is 0. The molecule has 1 atom stereocenters. The first-order valence-electron chi connectivity index (χ1n) is 13.2. The van der Waals surface area contributed by atoms with E-state index < -0.39 is 6.04 Å². The average Bonchev–Trinajstić information content (AvgIpc) is 3.35. The first kappa shape index (κ1) is 24.9. The standard InChI is InChI=1S/C31H34N4O2/c1-22(2)19-29(33-30(36)26-14-13-23-9-3-4-11-25(23)20-26)31(37)34-35(17-7-8-18-35)21-27-16-15-24-10-5-6-12-28(24)32-27/h3-6,9-16,20,22,29H,7-8,17-19,21H2,1-2H3,(H-,33,34,36,37)/p+1/t29-/m0/s1. The van der Waals surface area contributed by atoms with Crippen LogP contribution in [0.4, 0.5) is 0 Å². The van der Waals surface area contributed by atoms with Crippen LogP contribution in [-0.4, -0.2) is 40.5 Å². The fourth-order valence-electron chi connectivity index (χ4n) is 5.34. The number of aromatic nitrogens is 1. The van der Waals surface area contributed by atoms with E-state index >= 15 is 0 Å². The highest BCUT2D eigenvalue weighted by molar-refractivity contribution is 6.00. The summed E-state index contributed by atoms with van der Waals surface area (Å²) in [5.41, 5.74) is 5.81. The molecule has 1 fully saturated rings. The Balaban J connectivity index is 1.34. The van der Waals surface area contributed by atoms with Crippen LogP contribution in [0.5, 0.6) is 0 Å². The third kappa shape index (κ3) is 5.81. The van der Waals surface area contributed by atoms with Gasteiger partial charge in [0.25, 0.3) is 11.8 Å². The minimum absolute atomic E-state index is 0.134. The molecule has 37 heavy (non-hydrogen) atoms. The maximum absolute atomic E-state index is 13.7. The van der Waals surface area contributed by atoms with Gasteiger partial charge in [0.15, 0.2) is 0 Å². The molecule has 5 rings (SSSR count). The Labute approximate surface area is 218 Å². The molecule has 1 aliphatic rings. The number of nitrogens with zero attached hydrogens (tertiary/aromatic N) is 2. The second kappa shape index (κ2) is 10.7. The van der Waals surface area contributed by atoms with Gasteiger partial charge in [0, 0.05) is 23.8 Å². The fraction of sp³-hybridized carbons (Fsp3) is 0.323. The van der Waals surface area contributed by atoms with Crippen molar-refractivity contribution < 1.29 is 14.2 Å². The molecule has 3 aromatic carbocycles. The van der Waals surface area contributed by atoms with Gasteiger partial charge in [-0.25, -0.2) is 9.58 Å². The molecular weight excluding hydrogens is 460 g/mol. The normalized spacial score (nSPS) is 15.6. The molecule has 1 aliphatic heterocycles. The molecule has 0 aliphatic carbocycles. The number of hydrogen-bond acceptors (Lipinski definition) is 3. The molecule has 6 heteroatoms. The Morgan fingerprint density at radius 1 is 0.865 bits per heavy atom. The summed E-state index contributed by atoms with van der Waals surface area (Å²) in [4.78, 5) is 31.7. The number of rotatable bonds is 8. The summed E-state index contributed by atoms with van der Waals surface area (Å²) in [6.07, 6.45) is 2.66. The Hall–Kier alpha value is -3.77. The van der Waals surface area contributed by atoms with E-state index in [4.69, 9.17) is 4.98 Å². The predicted molar refractivity (Wildman–Crippen MR) is 147 cm³/mol. The summed E-state index contributed by atoms with van der Waals surface area (Å²) >= 11 is 0. The van der Waals surface area contributed by atoms with Gasteiger partial charge >= 0.3 is 0 Å². The van der Waals surface area contributed by atoms with Crippen LogP contribution in [0.3, 0.4) is 0 Å². The van der Waals surface area contributed by atoms with Gasteiger partial charge in [-0.1, -0.05) is 68.4 Å². The van der Waals surface area contributed by atoms with E-state index in [1.54, 1.807) is 0 Å². The summed E-state index contributed by atoms with van der Waals surface area (Å²) in [5.74, 6) is -0.108. The lowest BCUT2D eigenvalue weighted by molar-refractivity contribution is -0.963. The van der Waals surface area contributed by atoms with E-state index in [1.165, 1.54) is 0 Å². The quantitative estimate of drug-likeness (QED) is 0.323. The van der Waals surface area contributed by atoms with E-state index in [-0.39, 0.29) is 17.7 Å². The van der Waals surface area contributed by atoms with Gasteiger partial charge in [-0.15, -0.1) is 0 Å². The lowest BCUT2D eigenvalue weighted by atomic mass is 10.0. The first-order valence-corrected chi connectivity index (χ1v) is 13.2. The Morgan fingerprint density at radius 3 is 2.30 bits per heavy atom. The highest BCUT2D eigenvalue weighted by Crippen LogP contribution is 2.23. The minimum Gasteiger partial charge on any atom is -0.340 e. The molecule has 2 heterocycles. The number of amides is 2. The van der Waals surface area contributed by atoms with Crippen molar-refractivity contribution in [3.8, 4) is 0 Å². The van der Waals surface area contributed by atoms with Crippen LogP contribution >= 0.6 is 0 Å². The number of benzene rings is 3. The van der Waals surface area contributed by atoms with Crippen LogP contribution in [0.25, 0.3) is 21.7 Å². The zero-order chi connectivity index (χ0) is 25.8. The van der Waals surface area contributed by atoms with Crippen LogP contribution in [0.1, 0.15) is 49.2 Å². The van der Waals surface area contributed by atoms with E-state index in [9.17, 15) is 9.59 Å². The van der Waals surface area contributed by atoms with Crippen molar-refractivity contribution in [3.05, 3.63) is 90.1 Å². The third-order valence-corrected chi connectivity index (χ3v) is 7.23. The molecule has 0 bridgehead atoms. The molecule has 1 aromatic heterocycles. The van der Waals surface area contributed by atoms with Gasteiger partial charge in [0.2, 0.25) is 0 Å². The van der Waals surface area contributed by atoms with Gasteiger partial charge in [-0.05, 0) is 47.4 Å². The van der Waals surface area contributed by atoms with Crippen molar-refractivity contribution in [2.75, 3.05) is 13.1 Å². The van der Waals surface area contributed by atoms with E-state index in [1.807, 2.05) is 60.7 Å². The number of hydrogen-bond donors (Lipinski definition) is 2. The van der Waals surface area contributed by atoms with Gasteiger partial charge in [-0.2, -0.15) is 5.43 Å². The number of likely N-dealkylation sites (tertiary alicyclic amines) is 1. The van der Waals surface area contributed by atoms with Crippen LogP contribution in [0.2, 0.25) is 0 Å². The fourth-order valence-corrected chi connectivity index (χ4v) is 5.34. The van der Waals surface area contributed by atoms with E-state index in [2.05, 4.69) is 42.8 Å². The predicted octanol–water partition coefficient (Wildman–Crippen LogP) is 5.37. The number of carbonyl (C=O) groups is 2. The van der Waals surface area contributed by atoms with Crippen molar-refractivity contribution in [2.24, 2.45) is 5.92 Å². The second-order valence-electron chi connectivity index (χ2n) is 10.6. The summed E-state index contributed by atoms with van der Waals surface area (Å²) < 4.78 is 0.463. The van der Waals surface area contributed by atoms with Crippen molar-refractivity contribution in [2.45, 2.75) is 45.7 Å². The van der Waals surface area contributed by atoms with Crippen LogP contribution in [-0.2, 0) is 11.3 Å². The molecule has 0 spiro atoms. The maximum atomic E-state index is 13.7. The summed E-state index contributed by atoms with van der Waals surface area (Å²) in [6, 6.07) is 25.2. The van der Waals surface area contributed by atoms with Crippen LogP contribution in [0.15, 0.2) is 78.9 Å². The molecule has 2 amide bonds. The monoisotopic (exact) mass is 495 g/mol. The maximum Gasteiger partial charge on any atom is 0.287 e. The van der Waals surface area contributed by atoms with Gasteiger partial charge in [-0.3, -0.25) is 9.59 Å². The van der Waals surface area contributed by atoms with Crippen molar-refractivity contribution in [1.29, 1.82) is 0 Å². The molecule has 4 aromatic rings. The zero-order valence-corrected chi connectivity index (χ0v) is 21.6. The minimum atomic E-state index is -0.612. The smallest absolute Gasteiger partial charge is 0.287 e. The summed E-state index contributed by atoms with van der Waals surface area (Å²) in [6.45, 7) is 6.48. The highest BCUT2D eigenvalue weighted by Gasteiger charge is 2.37. The number of carbonyl (C=O) groups excluding carboxylic acids is 2. The summed E-state index contributed by atoms with van der Waals surface area (Å²) in [5, 5.41) is 6.23. The lowest BCUT2D eigenvalue weighted by Gasteiger charge is -2.34. The Morgan fingerprint density at radius 2 is 1.54 bits per heavy atom. The second-order valence-corrected chi connectivity index (χ2v) is 10.6. The lowest BCUT2D eigenvalue weighted by Crippen LogP contribution is -2.62. The van der Waals surface area contributed by atoms with Crippen LogP contribution < -0.4 is 10.7 Å². The number of nitrogens with one attached hydrogen (secondary N) is 2. The Kier molecular flexibility index (Phi) is 7.19. The van der Waals surface area contributed by atoms with Crippen LogP contribution in [0, 0.1) is 5.92 Å². The first-order chi connectivity index (χ1) is 17.9. The molecule has 6 nitrogen and oxygen atoms in total. The largest absolute Gasteiger partial charge is 0.340 e. The number of pyridine rings is 1. The topological polar surface area (TPSA) is 71.1 Å². The molecular formula is C31H35N4O2+. The average molecular weight is 496 g/mol. The molecule has 1 saturated heterocycles. The van der Waals surface area contributed by atoms with Gasteiger partial charge < -0.3 is 5.32 Å². The highest BCUT2D eigenvalue weighted by atomic mass is 16.2. The molecule has 2 N–H and O–H groups in total. The van der Waals surface area contributed by atoms with Gasteiger partial charge in [0.1, 0.15) is 25.7 Å². The molecule has 190 valence electrons.